The van der Waals surface area contributed by atoms with Crippen LogP contribution in [0.3, 0.4) is 0 Å². The Morgan fingerprint density at radius 2 is 1.83 bits per heavy atom. The fraction of sp³-hybridized carbons (Fsp3) is 0. The molecule has 0 aliphatic heterocycles. The Morgan fingerprint density at radius 3 is 2.46 bits per heavy atom. The second-order valence-corrected chi connectivity index (χ2v) is 5.01. The summed E-state index contributed by atoms with van der Waals surface area (Å²) < 4.78 is 1.74. The van der Waals surface area contributed by atoms with Crippen LogP contribution in [-0.4, -0.2) is 22.2 Å². The van der Waals surface area contributed by atoms with Crippen molar-refractivity contribution in [3.8, 4) is 16.9 Å². The number of nitrogens with zero attached hydrogens (tertiary/aromatic N) is 2. The highest BCUT2D eigenvalue weighted by Gasteiger charge is 2.11. The first-order chi connectivity index (χ1) is 11.7. The number of carbonyl (C=O) groups excluding carboxylic acids is 1. The SMILES string of the molecule is N=C(N)Nc1ccc(-c2cc(N[C]=O)nn2-c2ccccc2)cc1. The van der Waals surface area contributed by atoms with Crippen molar-refractivity contribution < 1.29 is 4.79 Å². The fourth-order valence-corrected chi connectivity index (χ4v) is 2.35. The standard InChI is InChI=1S/C17H15N6O/c18-17(19)21-13-8-6-12(7-9-13)15-10-16(20-11-24)22-23(15)14-4-2-1-3-5-14/h1-10H,(H4,18,19,21)(H,20,22,24). The molecule has 7 nitrogen and oxygen atoms in total. The smallest absolute Gasteiger partial charge is 0.315 e. The quantitative estimate of drug-likeness (QED) is 0.329. The van der Waals surface area contributed by atoms with Crippen LogP contribution in [0, 0.1) is 5.41 Å². The average molecular weight is 319 g/mol. The zero-order valence-corrected chi connectivity index (χ0v) is 12.7. The molecular weight excluding hydrogens is 304 g/mol. The highest BCUT2D eigenvalue weighted by atomic mass is 16.1. The Balaban J connectivity index is 2.02. The summed E-state index contributed by atoms with van der Waals surface area (Å²) >= 11 is 0. The van der Waals surface area contributed by atoms with E-state index >= 15 is 0 Å². The lowest BCUT2D eigenvalue weighted by Gasteiger charge is -2.08. The molecule has 0 bridgehead atoms. The number of nitrogens with one attached hydrogen (secondary N) is 3. The molecule has 3 aromatic rings. The predicted molar refractivity (Wildman–Crippen MR) is 93.9 cm³/mol. The van der Waals surface area contributed by atoms with Gasteiger partial charge in [0.05, 0.1) is 11.4 Å². The van der Waals surface area contributed by atoms with Crippen molar-refractivity contribution in [1.29, 1.82) is 5.41 Å². The number of hydrogen-bond donors (Lipinski definition) is 4. The van der Waals surface area contributed by atoms with Crippen molar-refractivity contribution in [2.75, 3.05) is 10.6 Å². The Kier molecular flexibility index (Phi) is 4.24. The molecule has 0 saturated carbocycles. The Bertz CT molecular complexity index is 855. The van der Waals surface area contributed by atoms with Gasteiger partial charge in [-0.3, -0.25) is 10.2 Å². The average Bonchev–Trinajstić information content (AvgIpc) is 3.00. The van der Waals surface area contributed by atoms with E-state index in [2.05, 4.69) is 15.7 Å². The van der Waals surface area contributed by atoms with Gasteiger partial charge in [0.25, 0.3) is 0 Å². The monoisotopic (exact) mass is 319 g/mol. The molecule has 0 saturated heterocycles. The van der Waals surface area contributed by atoms with E-state index in [1.807, 2.05) is 54.6 Å². The van der Waals surface area contributed by atoms with Gasteiger partial charge in [-0.1, -0.05) is 30.3 Å². The molecule has 1 amide bonds. The van der Waals surface area contributed by atoms with Gasteiger partial charge in [-0.25, -0.2) is 4.68 Å². The van der Waals surface area contributed by atoms with E-state index in [4.69, 9.17) is 11.1 Å². The van der Waals surface area contributed by atoms with Gasteiger partial charge >= 0.3 is 6.41 Å². The minimum atomic E-state index is -0.120. The van der Waals surface area contributed by atoms with Crippen molar-refractivity contribution in [2.24, 2.45) is 5.73 Å². The number of aromatic nitrogens is 2. The maximum Gasteiger partial charge on any atom is 0.315 e. The van der Waals surface area contributed by atoms with Crippen molar-refractivity contribution in [3.05, 3.63) is 60.7 Å². The Labute approximate surface area is 138 Å². The summed E-state index contributed by atoms with van der Waals surface area (Å²) in [6, 6.07) is 18.8. The van der Waals surface area contributed by atoms with Gasteiger partial charge in [-0.05, 0) is 24.3 Å². The van der Waals surface area contributed by atoms with Gasteiger partial charge in [0.2, 0.25) is 0 Å². The Hall–Kier alpha value is -3.61. The maximum absolute atomic E-state index is 10.6. The van der Waals surface area contributed by atoms with Crippen LogP contribution in [0.5, 0.6) is 0 Å². The van der Waals surface area contributed by atoms with E-state index in [0.717, 1.165) is 22.6 Å². The molecule has 3 rings (SSSR count). The second-order valence-electron chi connectivity index (χ2n) is 5.01. The molecule has 0 unspecified atom stereocenters. The van der Waals surface area contributed by atoms with E-state index in [1.165, 1.54) is 0 Å². The van der Waals surface area contributed by atoms with Crippen LogP contribution in [0.25, 0.3) is 16.9 Å². The molecular formula is C17H15N6O. The lowest BCUT2D eigenvalue weighted by molar-refractivity contribution is 0.560. The van der Waals surface area contributed by atoms with Crippen LogP contribution in [-0.2, 0) is 4.79 Å². The van der Waals surface area contributed by atoms with Crippen LogP contribution >= 0.6 is 0 Å². The molecule has 0 fully saturated rings. The molecule has 24 heavy (non-hydrogen) atoms. The molecule has 119 valence electrons. The van der Waals surface area contributed by atoms with E-state index in [0.29, 0.717) is 5.82 Å². The summed E-state index contributed by atoms with van der Waals surface area (Å²) in [5.74, 6) is 0.292. The van der Waals surface area contributed by atoms with Gasteiger partial charge in [0.15, 0.2) is 11.8 Å². The summed E-state index contributed by atoms with van der Waals surface area (Å²) in [6.45, 7) is 0. The lowest BCUT2D eigenvalue weighted by atomic mass is 10.1. The molecule has 2 aromatic carbocycles. The van der Waals surface area contributed by atoms with Crippen LogP contribution < -0.4 is 16.4 Å². The summed E-state index contributed by atoms with van der Waals surface area (Å²) in [4.78, 5) is 10.6. The summed E-state index contributed by atoms with van der Waals surface area (Å²) in [5.41, 5.74) is 8.63. The molecule has 5 N–H and O–H groups in total. The minimum absolute atomic E-state index is 0.120. The third-order valence-electron chi connectivity index (χ3n) is 3.35. The predicted octanol–water partition coefficient (Wildman–Crippen LogP) is 2.32. The first kappa shape index (κ1) is 15.3. The van der Waals surface area contributed by atoms with Crippen molar-refractivity contribution in [3.63, 3.8) is 0 Å². The highest BCUT2D eigenvalue weighted by molar-refractivity contribution is 5.90. The van der Waals surface area contributed by atoms with Crippen LogP contribution in [0.4, 0.5) is 11.5 Å². The molecule has 1 aromatic heterocycles. The van der Waals surface area contributed by atoms with E-state index in [1.54, 1.807) is 17.2 Å². The van der Waals surface area contributed by atoms with Gasteiger partial charge < -0.3 is 16.4 Å². The van der Waals surface area contributed by atoms with Gasteiger partial charge in [-0.2, -0.15) is 0 Å². The third kappa shape index (κ3) is 3.25. The zero-order chi connectivity index (χ0) is 16.9. The van der Waals surface area contributed by atoms with Crippen LogP contribution in [0.15, 0.2) is 60.7 Å². The lowest BCUT2D eigenvalue weighted by Crippen LogP contribution is -2.20. The first-order valence-corrected chi connectivity index (χ1v) is 7.17. The van der Waals surface area contributed by atoms with Gasteiger partial charge in [-0.15, -0.1) is 5.10 Å². The van der Waals surface area contributed by atoms with Crippen molar-refractivity contribution >= 4 is 23.9 Å². The van der Waals surface area contributed by atoms with Gasteiger partial charge in [0.1, 0.15) is 0 Å². The first-order valence-electron chi connectivity index (χ1n) is 7.17. The summed E-state index contributed by atoms with van der Waals surface area (Å²) in [5, 5.41) is 16.8. The van der Waals surface area contributed by atoms with Crippen molar-refractivity contribution in [1.82, 2.24) is 9.78 Å². The number of benzene rings is 2. The van der Waals surface area contributed by atoms with E-state index in [-0.39, 0.29) is 5.96 Å². The molecule has 1 radical (unpaired) electrons. The molecule has 0 aliphatic carbocycles. The fourth-order valence-electron chi connectivity index (χ4n) is 2.35. The molecule has 1 heterocycles. The topological polar surface area (TPSA) is 109 Å². The minimum Gasteiger partial charge on any atom is -0.370 e. The number of para-hydroxylation sites is 1. The molecule has 7 heteroatoms. The van der Waals surface area contributed by atoms with Crippen molar-refractivity contribution in [2.45, 2.75) is 0 Å². The largest absolute Gasteiger partial charge is 0.370 e. The Morgan fingerprint density at radius 1 is 1.12 bits per heavy atom. The number of anilines is 2. The van der Waals surface area contributed by atoms with Crippen LogP contribution in [0.1, 0.15) is 0 Å². The second kappa shape index (κ2) is 6.66. The molecule has 0 aliphatic rings. The number of guanidine groups is 1. The number of nitrogens with two attached hydrogens (primary N) is 1. The normalized spacial score (nSPS) is 10.2. The summed E-state index contributed by atoms with van der Waals surface area (Å²) in [6.07, 6.45) is 1.63. The summed E-state index contributed by atoms with van der Waals surface area (Å²) in [7, 11) is 0. The van der Waals surface area contributed by atoms with E-state index < -0.39 is 0 Å². The molecule has 0 atom stereocenters. The van der Waals surface area contributed by atoms with Crippen LogP contribution in [0.2, 0.25) is 0 Å². The third-order valence-corrected chi connectivity index (χ3v) is 3.35. The number of amides is 1. The maximum atomic E-state index is 10.6. The molecule has 0 spiro atoms. The zero-order valence-electron chi connectivity index (χ0n) is 12.7. The number of hydrogen-bond acceptors (Lipinski definition) is 3. The highest BCUT2D eigenvalue weighted by Crippen LogP contribution is 2.27. The van der Waals surface area contributed by atoms with E-state index in [9.17, 15) is 4.79 Å². The van der Waals surface area contributed by atoms with Gasteiger partial charge in [0, 0.05) is 17.3 Å². The number of rotatable bonds is 5.